The third kappa shape index (κ3) is 4.52. The summed E-state index contributed by atoms with van der Waals surface area (Å²) < 4.78 is 0.330. The molecule has 0 fully saturated rings. The van der Waals surface area contributed by atoms with Gasteiger partial charge in [-0.05, 0) is 37.0 Å². The van der Waals surface area contributed by atoms with Gasteiger partial charge in [0.15, 0.2) is 0 Å². The molecule has 2 aromatic rings. The molecule has 0 atom stereocenters. The van der Waals surface area contributed by atoms with Crippen LogP contribution in [0, 0.1) is 13.8 Å². The highest BCUT2D eigenvalue weighted by atomic mass is 16.5. The molecule has 0 radical (unpaired) electrons. The summed E-state index contributed by atoms with van der Waals surface area (Å²) in [7, 11) is 0. The van der Waals surface area contributed by atoms with E-state index >= 15 is 0 Å². The predicted octanol–water partition coefficient (Wildman–Crippen LogP) is 1.91. The Kier molecular flexibility index (Phi) is 5.35. The topological polar surface area (TPSA) is 95.3 Å². The third-order valence-electron chi connectivity index (χ3n) is 3.00. The zero-order valence-electron chi connectivity index (χ0n) is 12.5. The molecule has 1 aromatic heterocycles. The normalized spacial score (nSPS) is 10.1. The number of nitrogens with one attached hydrogen (secondary N) is 1. The number of H-pyrrole nitrogens is 1. The van der Waals surface area contributed by atoms with Gasteiger partial charge in [-0.1, -0.05) is 26.0 Å². The Morgan fingerprint density at radius 3 is 2.24 bits per heavy atom. The maximum atomic E-state index is 10.6. The number of aromatic amines is 1. The second-order valence-electron chi connectivity index (χ2n) is 5.12. The van der Waals surface area contributed by atoms with Gasteiger partial charge >= 0.3 is 5.69 Å². The lowest BCUT2D eigenvalue weighted by atomic mass is 10.0. The van der Waals surface area contributed by atoms with Crippen LogP contribution >= 0.6 is 0 Å². The molecule has 3 N–H and O–H groups in total. The summed E-state index contributed by atoms with van der Waals surface area (Å²) in [4.78, 5) is 23.0. The minimum Gasteiger partial charge on any atom is -0.508 e. The Morgan fingerprint density at radius 2 is 1.76 bits per heavy atom. The van der Waals surface area contributed by atoms with Crippen LogP contribution in [0.4, 0.5) is 0 Å². The lowest BCUT2D eigenvalue weighted by molar-refractivity contribution is 0.169. The van der Waals surface area contributed by atoms with Crippen LogP contribution in [0.25, 0.3) is 0 Å². The fraction of sp³-hybridized carbons (Fsp3) is 0.333. The quantitative estimate of drug-likeness (QED) is 0.700. The Bertz CT molecular complexity index is 698. The number of benzene rings is 1. The lowest BCUT2D eigenvalue weighted by Crippen LogP contribution is -2.29. The van der Waals surface area contributed by atoms with E-state index in [4.69, 9.17) is 5.21 Å². The number of phenols is 1. The summed E-state index contributed by atoms with van der Waals surface area (Å²) in [5, 5.41) is 18.0. The van der Waals surface area contributed by atoms with Gasteiger partial charge in [-0.3, -0.25) is 9.78 Å². The molecule has 0 bridgehead atoms. The maximum absolute atomic E-state index is 10.6. The molecule has 1 heterocycles. The Labute approximate surface area is 122 Å². The van der Waals surface area contributed by atoms with Gasteiger partial charge in [-0.2, -0.15) is 0 Å². The number of aromatic hydroxyl groups is 1. The van der Waals surface area contributed by atoms with Crippen LogP contribution < -0.4 is 11.2 Å². The van der Waals surface area contributed by atoms with Gasteiger partial charge in [0.05, 0.1) is 6.20 Å². The monoisotopic (exact) mass is 292 g/mol. The third-order valence-corrected chi connectivity index (χ3v) is 3.00. The molecule has 1 aromatic carbocycles. The molecule has 0 spiro atoms. The summed E-state index contributed by atoms with van der Waals surface area (Å²) in [6.45, 7) is 7.62. The Morgan fingerprint density at radius 1 is 1.14 bits per heavy atom. The SMILES string of the molecule is Cc1ccc(C(C)C)cc1O.Cc1cn(O)c(=O)[nH]c1=O. The van der Waals surface area contributed by atoms with Crippen molar-refractivity contribution < 1.29 is 10.3 Å². The van der Waals surface area contributed by atoms with Crippen molar-refractivity contribution in [3.05, 3.63) is 61.9 Å². The molecule has 21 heavy (non-hydrogen) atoms. The van der Waals surface area contributed by atoms with Crippen LogP contribution in [-0.4, -0.2) is 20.0 Å². The lowest BCUT2D eigenvalue weighted by Gasteiger charge is -2.06. The van der Waals surface area contributed by atoms with Gasteiger partial charge < -0.3 is 10.3 Å². The van der Waals surface area contributed by atoms with Crippen LogP contribution in [0.3, 0.4) is 0 Å². The first-order valence-electron chi connectivity index (χ1n) is 6.53. The summed E-state index contributed by atoms with van der Waals surface area (Å²) >= 11 is 0. The van der Waals surface area contributed by atoms with Crippen LogP contribution in [0.15, 0.2) is 34.0 Å². The molecule has 6 nitrogen and oxygen atoms in total. The smallest absolute Gasteiger partial charge is 0.361 e. The fourth-order valence-corrected chi connectivity index (χ4v) is 1.54. The van der Waals surface area contributed by atoms with Crippen LogP contribution in [0.5, 0.6) is 5.75 Å². The van der Waals surface area contributed by atoms with Crippen molar-refractivity contribution in [2.75, 3.05) is 0 Å². The van der Waals surface area contributed by atoms with E-state index in [-0.39, 0.29) is 0 Å². The minimum absolute atomic E-state index is 0.294. The number of hydrogen-bond donors (Lipinski definition) is 3. The van der Waals surface area contributed by atoms with E-state index in [9.17, 15) is 14.7 Å². The summed E-state index contributed by atoms with van der Waals surface area (Å²) in [5.41, 5.74) is 1.12. The average Bonchev–Trinajstić information content (AvgIpc) is 2.40. The van der Waals surface area contributed by atoms with E-state index in [0.717, 1.165) is 11.8 Å². The molecule has 0 aliphatic rings. The van der Waals surface area contributed by atoms with Gasteiger partial charge in [0.1, 0.15) is 5.75 Å². The molecule has 2 rings (SSSR count). The maximum Gasteiger partial charge on any atom is 0.361 e. The highest BCUT2D eigenvalue weighted by Crippen LogP contribution is 2.22. The average molecular weight is 292 g/mol. The summed E-state index contributed by atoms with van der Waals surface area (Å²) in [6, 6.07) is 5.84. The zero-order valence-corrected chi connectivity index (χ0v) is 12.5. The largest absolute Gasteiger partial charge is 0.508 e. The molecule has 114 valence electrons. The van der Waals surface area contributed by atoms with E-state index in [0.29, 0.717) is 22.0 Å². The van der Waals surface area contributed by atoms with E-state index < -0.39 is 11.2 Å². The number of nitrogens with zero attached hydrogens (tertiary/aromatic N) is 1. The van der Waals surface area contributed by atoms with Gasteiger partial charge in [0, 0.05) is 5.56 Å². The first-order chi connectivity index (χ1) is 9.72. The van der Waals surface area contributed by atoms with Crippen LogP contribution in [-0.2, 0) is 0 Å². The van der Waals surface area contributed by atoms with E-state index in [1.807, 2.05) is 24.0 Å². The molecule has 0 aliphatic carbocycles. The van der Waals surface area contributed by atoms with Crippen molar-refractivity contribution in [3.8, 4) is 5.75 Å². The van der Waals surface area contributed by atoms with Crippen LogP contribution in [0.1, 0.15) is 36.5 Å². The molecule has 0 saturated heterocycles. The number of phenolic OH excluding ortho intramolecular Hbond substituents is 1. The Hall–Kier alpha value is -2.50. The van der Waals surface area contributed by atoms with Crippen molar-refractivity contribution in [2.45, 2.75) is 33.6 Å². The number of hydrogen-bond acceptors (Lipinski definition) is 4. The highest BCUT2D eigenvalue weighted by molar-refractivity contribution is 5.36. The highest BCUT2D eigenvalue weighted by Gasteiger charge is 2.01. The number of rotatable bonds is 1. The van der Waals surface area contributed by atoms with E-state index in [1.54, 1.807) is 0 Å². The first-order valence-corrected chi connectivity index (χ1v) is 6.53. The van der Waals surface area contributed by atoms with Crippen LogP contribution in [0.2, 0.25) is 0 Å². The Balaban J connectivity index is 0.000000211. The van der Waals surface area contributed by atoms with Gasteiger partial charge in [0.25, 0.3) is 5.56 Å². The summed E-state index contributed by atoms with van der Waals surface area (Å²) in [5.74, 6) is 0.887. The zero-order chi connectivity index (χ0) is 16.2. The van der Waals surface area contributed by atoms with E-state index in [1.165, 1.54) is 12.5 Å². The van der Waals surface area contributed by atoms with Crippen molar-refractivity contribution in [2.24, 2.45) is 0 Å². The molecule has 0 unspecified atom stereocenters. The van der Waals surface area contributed by atoms with E-state index in [2.05, 4.69) is 19.9 Å². The first kappa shape index (κ1) is 16.6. The van der Waals surface area contributed by atoms with Crippen molar-refractivity contribution >= 4 is 0 Å². The number of aromatic nitrogens is 2. The van der Waals surface area contributed by atoms with Gasteiger partial charge in [-0.25, -0.2) is 4.79 Å². The van der Waals surface area contributed by atoms with Crippen molar-refractivity contribution in [3.63, 3.8) is 0 Å². The minimum atomic E-state index is -0.824. The fourth-order valence-electron chi connectivity index (χ4n) is 1.54. The number of aryl methyl sites for hydroxylation is 2. The molecular formula is C15H20N2O4. The molecule has 0 amide bonds. The summed E-state index contributed by atoms with van der Waals surface area (Å²) in [6.07, 6.45) is 1.06. The standard InChI is InChI=1S/C10H14O.C5H6N2O3/c1-7(2)9-5-4-8(3)10(11)6-9;1-3-2-7(10)5(9)6-4(3)8/h4-7,11H,1-3H3;2,10H,1H3,(H,6,8,9). The predicted molar refractivity (Wildman–Crippen MR) is 80.2 cm³/mol. The molecule has 6 heteroatoms. The van der Waals surface area contributed by atoms with Gasteiger partial charge in [-0.15, -0.1) is 4.73 Å². The van der Waals surface area contributed by atoms with Crippen molar-refractivity contribution in [1.29, 1.82) is 0 Å². The van der Waals surface area contributed by atoms with Crippen molar-refractivity contribution in [1.82, 2.24) is 9.71 Å². The molecule has 0 aliphatic heterocycles. The second kappa shape index (κ2) is 6.78. The van der Waals surface area contributed by atoms with Gasteiger partial charge in [0.2, 0.25) is 0 Å². The molecular weight excluding hydrogens is 272 g/mol. The molecule has 0 saturated carbocycles. The second-order valence-corrected chi connectivity index (χ2v) is 5.12.